The van der Waals surface area contributed by atoms with Crippen molar-refractivity contribution in [3.05, 3.63) is 17.5 Å². The molecule has 2 aromatic heterocycles. The van der Waals surface area contributed by atoms with Crippen LogP contribution in [0.4, 0.5) is 5.95 Å². The molecule has 0 atom stereocenters. The van der Waals surface area contributed by atoms with Gasteiger partial charge in [-0.3, -0.25) is 0 Å². The number of rotatable bonds is 3. The molecule has 2 aromatic rings. The van der Waals surface area contributed by atoms with Crippen LogP contribution >= 0.6 is 0 Å². The second-order valence-corrected chi connectivity index (χ2v) is 2.91. The van der Waals surface area contributed by atoms with Crippen molar-refractivity contribution in [3.8, 4) is 0 Å². The summed E-state index contributed by atoms with van der Waals surface area (Å²) in [4.78, 5) is 0. The minimum atomic E-state index is 0.547. The third-order valence-electron chi connectivity index (χ3n) is 1.72. The Bertz CT molecular complexity index is 419. The lowest BCUT2D eigenvalue weighted by atomic mass is 10.4. The molecule has 0 radical (unpaired) electrons. The van der Waals surface area contributed by atoms with Crippen molar-refractivity contribution in [2.24, 2.45) is 7.05 Å². The maximum absolute atomic E-state index is 4.92. The zero-order valence-electron chi connectivity index (χ0n) is 7.93. The highest BCUT2D eigenvalue weighted by Gasteiger charge is 2.03. The predicted octanol–water partition coefficient (Wildman–Crippen LogP) is 0.119. The lowest BCUT2D eigenvalue weighted by molar-refractivity contribution is 0.391. The van der Waals surface area contributed by atoms with Gasteiger partial charge < -0.3 is 9.84 Å². The topological polar surface area (TPSA) is 81.7 Å². The summed E-state index contributed by atoms with van der Waals surface area (Å²) in [7, 11) is 1.76. The molecule has 74 valence electrons. The van der Waals surface area contributed by atoms with Crippen molar-refractivity contribution in [1.82, 2.24) is 25.4 Å². The summed E-state index contributed by atoms with van der Waals surface area (Å²) >= 11 is 0. The summed E-state index contributed by atoms with van der Waals surface area (Å²) in [6, 6.07) is 1.86. The Hall–Kier alpha value is -1.92. The molecule has 0 saturated carbocycles. The number of aryl methyl sites for hydroxylation is 2. The van der Waals surface area contributed by atoms with E-state index < -0.39 is 0 Å². The minimum Gasteiger partial charge on any atom is -0.361 e. The van der Waals surface area contributed by atoms with Gasteiger partial charge in [-0.15, -0.1) is 0 Å². The van der Waals surface area contributed by atoms with E-state index in [1.165, 1.54) is 0 Å². The first-order valence-corrected chi connectivity index (χ1v) is 4.14. The third-order valence-corrected chi connectivity index (χ3v) is 1.72. The molecule has 0 aliphatic carbocycles. The van der Waals surface area contributed by atoms with Crippen molar-refractivity contribution in [2.75, 3.05) is 5.32 Å². The second kappa shape index (κ2) is 3.44. The monoisotopic (exact) mass is 194 g/mol. The molecule has 0 unspecified atom stereocenters. The molecule has 0 saturated heterocycles. The van der Waals surface area contributed by atoms with Gasteiger partial charge in [0.2, 0.25) is 5.95 Å². The van der Waals surface area contributed by atoms with Gasteiger partial charge >= 0.3 is 0 Å². The van der Waals surface area contributed by atoms with Crippen molar-refractivity contribution in [3.63, 3.8) is 0 Å². The zero-order chi connectivity index (χ0) is 9.97. The maximum atomic E-state index is 4.92. The molecule has 0 amide bonds. The average molecular weight is 194 g/mol. The SMILES string of the molecule is Cc1cc(CNc2nnnn2C)no1. The Balaban J connectivity index is 1.98. The Labute approximate surface area is 80.1 Å². The smallest absolute Gasteiger partial charge is 0.242 e. The van der Waals surface area contributed by atoms with Gasteiger partial charge in [0.05, 0.1) is 6.54 Å². The van der Waals surface area contributed by atoms with Crippen LogP contribution in [-0.4, -0.2) is 25.4 Å². The van der Waals surface area contributed by atoms with Crippen molar-refractivity contribution in [1.29, 1.82) is 0 Å². The number of nitrogens with one attached hydrogen (secondary N) is 1. The molecule has 0 aromatic carbocycles. The van der Waals surface area contributed by atoms with E-state index in [1.54, 1.807) is 11.7 Å². The number of nitrogens with zero attached hydrogens (tertiary/aromatic N) is 5. The van der Waals surface area contributed by atoms with Gasteiger partial charge in [-0.05, 0) is 17.4 Å². The van der Waals surface area contributed by atoms with Crippen LogP contribution in [0, 0.1) is 6.92 Å². The highest BCUT2D eigenvalue weighted by molar-refractivity contribution is 5.22. The number of hydrogen-bond donors (Lipinski definition) is 1. The molecule has 0 spiro atoms. The highest BCUT2D eigenvalue weighted by Crippen LogP contribution is 2.04. The molecule has 1 N–H and O–H groups in total. The van der Waals surface area contributed by atoms with Crippen LogP contribution in [-0.2, 0) is 13.6 Å². The van der Waals surface area contributed by atoms with Gasteiger partial charge in [0.25, 0.3) is 0 Å². The molecule has 0 bridgehead atoms. The number of tetrazole rings is 1. The van der Waals surface area contributed by atoms with E-state index in [0.29, 0.717) is 12.5 Å². The van der Waals surface area contributed by atoms with Gasteiger partial charge in [0, 0.05) is 13.1 Å². The molecule has 14 heavy (non-hydrogen) atoms. The van der Waals surface area contributed by atoms with Crippen LogP contribution in [0.5, 0.6) is 0 Å². The van der Waals surface area contributed by atoms with Crippen molar-refractivity contribution >= 4 is 5.95 Å². The van der Waals surface area contributed by atoms with E-state index in [9.17, 15) is 0 Å². The van der Waals surface area contributed by atoms with E-state index in [-0.39, 0.29) is 0 Å². The van der Waals surface area contributed by atoms with Gasteiger partial charge in [0.15, 0.2) is 0 Å². The highest BCUT2D eigenvalue weighted by atomic mass is 16.5. The molecular formula is C7H10N6O. The Kier molecular flexibility index (Phi) is 2.13. The number of anilines is 1. The molecule has 2 rings (SSSR count). The van der Waals surface area contributed by atoms with Gasteiger partial charge in [-0.1, -0.05) is 10.3 Å². The largest absolute Gasteiger partial charge is 0.361 e. The fourth-order valence-corrected chi connectivity index (χ4v) is 1.05. The van der Waals surface area contributed by atoms with Crippen LogP contribution in [0.1, 0.15) is 11.5 Å². The first kappa shape index (κ1) is 8.67. The van der Waals surface area contributed by atoms with E-state index >= 15 is 0 Å². The molecule has 0 aliphatic rings. The maximum Gasteiger partial charge on any atom is 0.242 e. The number of aromatic nitrogens is 5. The Morgan fingerprint density at radius 3 is 3.00 bits per heavy atom. The Morgan fingerprint density at radius 1 is 1.57 bits per heavy atom. The summed E-state index contributed by atoms with van der Waals surface area (Å²) in [5.41, 5.74) is 0.825. The van der Waals surface area contributed by atoms with Gasteiger partial charge in [-0.2, -0.15) is 0 Å². The molecular weight excluding hydrogens is 184 g/mol. The summed E-state index contributed by atoms with van der Waals surface area (Å²) in [6.45, 7) is 2.39. The van der Waals surface area contributed by atoms with E-state index in [0.717, 1.165) is 11.5 Å². The summed E-state index contributed by atoms with van der Waals surface area (Å²) < 4.78 is 6.46. The fraction of sp³-hybridized carbons (Fsp3) is 0.429. The van der Waals surface area contributed by atoms with E-state index in [2.05, 4.69) is 26.0 Å². The molecule has 0 fully saturated rings. The minimum absolute atomic E-state index is 0.547. The average Bonchev–Trinajstić information content (AvgIpc) is 2.72. The quantitative estimate of drug-likeness (QED) is 0.747. The van der Waals surface area contributed by atoms with Crippen LogP contribution in [0.3, 0.4) is 0 Å². The summed E-state index contributed by atoms with van der Waals surface area (Å²) in [5.74, 6) is 1.39. The standard InChI is InChI=1S/C7H10N6O/c1-5-3-6(10-14-5)4-8-7-9-11-12-13(7)2/h3H,4H2,1-2H3,(H,8,9,12). The van der Waals surface area contributed by atoms with Crippen LogP contribution in [0.2, 0.25) is 0 Å². The second-order valence-electron chi connectivity index (χ2n) is 2.91. The Morgan fingerprint density at radius 2 is 2.43 bits per heavy atom. The summed E-state index contributed by atoms with van der Waals surface area (Å²) in [5, 5.41) is 17.8. The normalized spacial score (nSPS) is 10.4. The van der Waals surface area contributed by atoms with Gasteiger partial charge in [-0.25, -0.2) is 4.68 Å². The molecule has 2 heterocycles. The van der Waals surface area contributed by atoms with Crippen molar-refractivity contribution in [2.45, 2.75) is 13.5 Å². The first-order chi connectivity index (χ1) is 6.75. The lowest BCUT2D eigenvalue weighted by Crippen LogP contribution is -2.05. The first-order valence-electron chi connectivity index (χ1n) is 4.14. The van der Waals surface area contributed by atoms with Crippen molar-refractivity contribution < 1.29 is 4.52 Å². The van der Waals surface area contributed by atoms with Crippen LogP contribution in [0.25, 0.3) is 0 Å². The van der Waals surface area contributed by atoms with E-state index in [4.69, 9.17) is 4.52 Å². The number of hydrogen-bond acceptors (Lipinski definition) is 6. The van der Waals surface area contributed by atoms with Crippen LogP contribution < -0.4 is 5.32 Å². The molecule has 0 aliphatic heterocycles. The summed E-state index contributed by atoms with van der Waals surface area (Å²) in [6.07, 6.45) is 0. The van der Waals surface area contributed by atoms with Crippen LogP contribution in [0.15, 0.2) is 10.6 Å². The molecule has 7 heteroatoms. The lowest BCUT2D eigenvalue weighted by Gasteiger charge is -1.99. The predicted molar refractivity (Wildman–Crippen MR) is 47.4 cm³/mol. The zero-order valence-corrected chi connectivity index (χ0v) is 7.93. The van der Waals surface area contributed by atoms with Gasteiger partial charge in [0.1, 0.15) is 11.5 Å². The third kappa shape index (κ3) is 1.70. The molecule has 7 nitrogen and oxygen atoms in total. The fourth-order valence-electron chi connectivity index (χ4n) is 1.05. The van der Waals surface area contributed by atoms with E-state index in [1.807, 2.05) is 13.0 Å².